The van der Waals surface area contributed by atoms with E-state index in [2.05, 4.69) is 21.4 Å². The van der Waals surface area contributed by atoms with Crippen molar-refractivity contribution in [2.24, 2.45) is 5.84 Å². The summed E-state index contributed by atoms with van der Waals surface area (Å²) in [4.78, 5) is 0. The SMILES string of the molecule is Cc1cccc(-n2nccc2-c2cc(N(N)c3ccc4cn[nH]c4c3)c(N)cc2Cl)c1. The molecular weight excluding hydrogens is 410 g/mol. The third kappa shape index (κ3) is 3.39. The monoisotopic (exact) mass is 429 g/mol. The summed E-state index contributed by atoms with van der Waals surface area (Å²) in [5.41, 5.74) is 12.8. The van der Waals surface area contributed by atoms with Gasteiger partial charge in [-0.25, -0.2) is 10.5 Å². The van der Waals surface area contributed by atoms with Gasteiger partial charge >= 0.3 is 0 Å². The van der Waals surface area contributed by atoms with Crippen LogP contribution in [0, 0.1) is 6.92 Å². The number of hydrogen-bond donors (Lipinski definition) is 3. The maximum atomic E-state index is 6.60. The molecule has 154 valence electrons. The summed E-state index contributed by atoms with van der Waals surface area (Å²) in [6.45, 7) is 2.05. The van der Waals surface area contributed by atoms with E-state index in [0.29, 0.717) is 16.4 Å². The standard InChI is InChI=1S/C23H20ClN7/c1-14-3-2-4-17(9-14)31-22(7-8-28-31)18-11-23(20(25)12-19(18)24)30(26)16-6-5-15-13-27-29-21(15)10-16/h2-13H,25-26H2,1H3,(H,27,29). The average Bonchev–Trinajstić information content (AvgIpc) is 3.42. The third-order valence-electron chi connectivity index (χ3n) is 5.24. The van der Waals surface area contributed by atoms with Gasteiger partial charge in [-0.15, -0.1) is 0 Å². The van der Waals surface area contributed by atoms with Crippen molar-refractivity contribution in [2.45, 2.75) is 6.92 Å². The second-order valence-electron chi connectivity index (χ2n) is 7.37. The molecule has 3 aromatic carbocycles. The molecule has 5 rings (SSSR count). The summed E-state index contributed by atoms with van der Waals surface area (Å²) in [7, 11) is 0. The average molecular weight is 430 g/mol. The molecule has 0 aliphatic carbocycles. The molecule has 0 saturated heterocycles. The Kier molecular flexibility index (Phi) is 4.62. The lowest BCUT2D eigenvalue weighted by atomic mass is 10.1. The molecular formula is C23H20ClN7. The highest BCUT2D eigenvalue weighted by Gasteiger charge is 2.17. The number of hydrazine groups is 1. The zero-order valence-corrected chi connectivity index (χ0v) is 17.5. The van der Waals surface area contributed by atoms with Gasteiger partial charge in [-0.2, -0.15) is 10.2 Å². The van der Waals surface area contributed by atoms with Crippen LogP contribution >= 0.6 is 11.6 Å². The maximum absolute atomic E-state index is 6.60. The van der Waals surface area contributed by atoms with Crippen LogP contribution in [0.2, 0.25) is 5.02 Å². The molecule has 0 fully saturated rings. The molecule has 0 atom stereocenters. The predicted octanol–water partition coefficient (Wildman–Crippen LogP) is 4.97. The molecule has 0 aliphatic rings. The van der Waals surface area contributed by atoms with Gasteiger partial charge in [0.1, 0.15) is 0 Å². The molecule has 5 aromatic rings. The number of rotatable bonds is 4. The number of anilines is 3. The molecule has 7 nitrogen and oxygen atoms in total. The molecule has 0 aliphatic heterocycles. The van der Waals surface area contributed by atoms with Crippen LogP contribution in [-0.2, 0) is 0 Å². The highest BCUT2D eigenvalue weighted by molar-refractivity contribution is 6.33. The summed E-state index contributed by atoms with van der Waals surface area (Å²) >= 11 is 6.60. The molecule has 31 heavy (non-hydrogen) atoms. The van der Waals surface area contributed by atoms with Gasteiger partial charge in [0.15, 0.2) is 0 Å². The van der Waals surface area contributed by atoms with Crippen molar-refractivity contribution >= 4 is 39.6 Å². The number of aromatic amines is 1. The van der Waals surface area contributed by atoms with E-state index in [0.717, 1.165) is 39.1 Å². The van der Waals surface area contributed by atoms with Crippen molar-refractivity contribution in [3.8, 4) is 16.9 Å². The number of hydrogen-bond acceptors (Lipinski definition) is 5. The van der Waals surface area contributed by atoms with Crippen molar-refractivity contribution in [1.82, 2.24) is 20.0 Å². The van der Waals surface area contributed by atoms with Crippen LogP contribution in [0.5, 0.6) is 0 Å². The lowest BCUT2D eigenvalue weighted by Crippen LogP contribution is -2.26. The lowest BCUT2D eigenvalue weighted by Gasteiger charge is -2.22. The van der Waals surface area contributed by atoms with Gasteiger partial charge < -0.3 is 5.73 Å². The number of H-pyrrole nitrogens is 1. The Morgan fingerprint density at radius 3 is 2.77 bits per heavy atom. The predicted molar refractivity (Wildman–Crippen MR) is 126 cm³/mol. The number of nitrogen functional groups attached to an aromatic ring is 1. The van der Waals surface area contributed by atoms with E-state index in [1.807, 2.05) is 60.1 Å². The molecule has 0 amide bonds. The van der Waals surface area contributed by atoms with E-state index in [1.54, 1.807) is 23.5 Å². The number of fused-ring (bicyclic) bond motifs is 1. The smallest absolute Gasteiger partial charge is 0.0812 e. The molecule has 0 bridgehead atoms. The van der Waals surface area contributed by atoms with Gasteiger partial charge in [0.2, 0.25) is 0 Å². The number of benzene rings is 3. The zero-order chi connectivity index (χ0) is 21.5. The molecule has 0 saturated carbocycles. The van der Waals surface area contributed by atoms with E-state index in [4.69, 9.17) is 23.2 Å². The Balaban J connectivity index is 1.61. The van der Waals surface area contributed by atoms with Crippen LogP contribution in [0.3, 0.4) is 0 Å². The Bertz CT molecular complexity index is 1400. The second kappa shape index (κ2) is 7.46. The fourth-order valence-corrected chi connectivity index (χ4v) is 3.94. The summed E-state index contributed by atoms with van der Waals surface area (Å²) in [5, 5.41) is 14.6. The first kappa shape index (κ1) is 19.2. The Labute approximate surface area is 183 Å². The number of aromatic nitrogens is 4. The quantitative estimate of drug-likeness (QED) is 0.212. The van der Waals surface area contributed by atoms with Crippen LogP contribution in [0.4, 0.5) is 17.1 Å². The highest BCUT2D eigenvalue weighted by atomic mass is 35.5. The third-order valence-corrected chi connectivity index (χ3v) is 5.56. The van der Waals surface area contributed by atoms with Crippen LogP contribution < -0.4 is 16.6 Å². The summed E-state index contributed by atoms with van der Waals surface area (Å²) < 4.78 is 1.85. The van der Waals surface area contributed by atoms with Crippen molar-refractivity contribution in [3.63, 3.8) is 0 Å². The number of halogens is 1. The molecule has 0 radical (unpaired) electrons. The highest BCUT2D eigenvalue weighted by Crippen LogP contribution is 2.38. The van der Waals surface area contributed by atoms with Crippen molar-refractivity contribution in [1.29, 1.82) is 0 Å². The van der Waals surface area contributed by atoms with Crippen LogP contribution in [0.25, 0.3) is 27.8 Å². The molecule has 8 heteroatoms. The molecule has 5 N–H and O–H groups in total. The van der Waals surface area contributed by atoms with Gasteiger partial charge in [-0.05, 0) is 61.0 Å². The first-order chi connectivity index (χ1) is 15.0. The van der Waals surface area contributed by atoms with E-state index >= 15 is 0 Å². The second-order valence-corrected chi connectivity index (χ2v) is 7.78. The minimum absolute atomic E-state index is 0.475. The van der Waals surface area contributed by atoms with Crippen molar-refractivity contribution in [3.05, 3.63) is 83.6 Å². The number of aryl methyl sites for hydroxylation is 1. The summed E-state index contributed by atoms with van der Waals surface area (Å²) in [6.07, 6.45) is 3.51. The fraction of sp³-hybridized carbons (Fsp3) is 0.0435. The van der Waals surface area contributed by atoms with Gasteiger partial charge in [-0.1, -0.05) is 23.7 Å². The zero-order valence-electron chi connectivity index (χ0n) is 16.7. The van der Waals surface area contributed by atoms with Crippen LogP contribution in [0.1, 0.15) is 5.56 Å². The topological polar surface area (TPSA) is 102 Å². The van der Waals surface area contributed by atoms with E-state index in [-0.39, 0.29) is 0 Å². The largest absolute Gasteiger partial charge is 0.397 e. The van der Waals surface area contributed by atoms with Gasteiger partial charge in [0, 0.05) is 10.9 Å². The number of nitrogens with one attached hydrogen (secondary N) is 1. The van der Waals surface area contributed by atoms with Gasteiger partial charge in [0.25, 0.3) is 0 Å². The first-order valence-electron chi connectivity index (χ1n) is 9.70. The Hall–Kier alpha value is -3.81. The minimum Gasteiger partial charge on any atom is -0.397 e. The fourth-order valence-electron chi connectivity index (χ4n) is 3.67. The van der Waals surface area contributed by atoms with Crippen LogP contribution in [-0.4, -0.2) is 20.0 Å². The van der Waals surface area contributed by atoms with E-state index < -0.39 is 0 Å². The minimum atomic E-state index is 0.475. The summed E-state index contributed by atoms with van der Waals surface area (Å²) in [5.74, 6) is 6.47. The number of nitrogens with two attached hydrogens (primary N) is 2. The lowest BCUT2D eigenvalue weighted by molar-refractivity contribution is 0.886. The normalized spacial score (nSPS) is 11.2. The molecule has 0 spiro atoms. The Morgan fingerprint density at radius 2 is 1.94 bits per heavy atom. The Morgan fingerprint density at radius 1 is 1.06 bits per heavy atom. The van der Waals surface area contributed by atoms with Crippen molar-refractivity contribution < 1.29 is 0 Å². The van der Waals surface area contributed by atoms with E-state index in [1.165, 1.54) is 0 Å². The molecule has 0 unspecified atom stereocenters. The van der Waals surface area contributed by atoms with Gasteiger partial charge in [-0.3, -0.25) is 10.1 Å². The summed E-state index contributed by atoms with van der Waals surface area (Å²) in [6, 6.07) is 19.4. The molecule has 2 aromatic heterocycles. The van der Waals surface area contributed by atoms with Crippen molar-refractivity contribution in [2.75, 3.05) is 10.7 Å². The van der Waals surface area contributed by atoms with Gasteiger partial charge in [0.05, 0.1) is 51.4 Å². The molecule has 2 heterocycles. The number of nitrogens with zero attached hydrogens (tertiary/aromatic N) is 4. The van der Waals surface area contributed by atoms with Crippen LogP contribution in [0.15, 0.2) is 73.1 Å². The van der Waals surface area contributed by atoms with E-state index in [9.17, 15) is 0 Å². The first-order valence-corrected chi connectivity index (χ1v) is 10.1. The maximum Gasteiger partial charge on any atom is 0.0812 e.